The third-order valence-corrected chi connectivity index (χ3v) is 2.88. The summed E-state index contributed by atoms with van der Waals surface area (Å²) in [7, 11) is 0. The van der Waals surface area contributed by atoms with Crippen LogP contribution < -0.4 is 11.1 Å². The number of carbonyl (C=O) groups excluding carboxylic acids is 1. The van der Waals surface area contributed by atoms with Crippen LogP contribution in [-0.4, -0.2) is 28.3 Å². The first-order valence-corrected chi connectivity index (χ1v) is 6.76. The largest absolute Gasteiger partial charge is 0.348 e. The van der Waals surface area contributed by atoms with E-state index < -0.39 is 0 Å². The van der Waals surface area contributed by atoms with Crippen molar-refractivity contribution in [3.05, 3.63) is 53.9 Å². The lowest BCUT2D eigenvalue weighted by Crippen LogP contribution is -2.35. The highest BCUT2D eigenvalue weighted by Crippen LogP contribution is 2.04. The lowest BCUT2D eigenvalue weighted by atomic mass is 10.1. The molecule has 1 unspecified atom stereocenters. The molecule has 0 bridgehead atoms. The standard InChI is InChI=1S/C16H18N4O/c1-13(12-20-11-3-10-18-20)19-16(21)15-7-5-14(6-8-15)4-2-9-17/h3,5-8,10-11,13H,9,12,17H2,1H3,(H,19,21). The smallest absolute Gasteiger partial charge is 0.251 e. The van der Waals surface area contributed by atoms with E-state index in [4.69, 9.17) is 5.73 Å². The molecule has 1 heterocycles. The highest BCUT2D eigenvalue weighted by Gasteiger charge is 2.10. The molecule has 1 aromatic carbocycles. The van der Waals surface area contributed by atoms with E-state index in [0.29, 0.717) is 18.7 Å². The van der Waals surface area contributed by atoms with Gasteiger partial charge in [-0.3, -0.25) is 9.48 Å². The molecule has 0 radical (unpaired) electrons. The second kappa shape index (κ2) is 7.27. The average Bonchev–Trinajstić information content (AvgIpc) is 2.98. The lowest BCUT2D eigenvalue weighted by molar-refractivity contribution is 0.0936. The predicted molar refractivity (Wildman–Crippen MR) is 81.5 cm³/mol. The summed E-state index contributed by atoms with van der Waals surface area (Å²) in [6.07, 6.45) is 3.59. The Hall–Kier alpha value is -2.58. The molecule has 0 aliphatic heterocycles. The molecule has 108 valence electrons. The number of carbonyl (C=O) groups is 1. The molecule has 0 spiro atoms. The fourth-order valence-corrected chi connectivity index (χ4v) is 1.90. The van der Waals surface area contributed by atoms with Gasteiger partial charge in [-0.25, -0.2) is 0 Å². The maximum atomic E-state index is 12.1. The summed E-state index contributed by atoms with van der Waals surface area (Å²) in [6, 6.07) is 9.00. The highest BCUT2D eigenvalue weighted by atomic mass is 16.1. The normalized spacial score (nSPS) is 11.3. The molecule has 0 saturated carbocycles. The minimum absolute atomic E-state index is 0.00546. The van der Waals surface area contributed by atoms with Crippen molar-refractivity contribution in [1.82, 2.24) is 15.1 Å². The van der Waals surface area contributed by atoms with E-state index in [9.17, 15) is 4.79 Å². The Balaban J connectivity index is 1.93. The first-order valence-electron chi connectivity index (χ1n) is 6.76. The summed E-state index contributed by atoms with van der Waals surface area (Å²) in [5.41, 5.74) is 6.78. The van der Waals surface area contributed by atoms with Crippen LogP contribution in [-0.2, 0) is 6.54 Å². The van der Waals surface area contributed by atoms with Gasteiger partial charge in [-0.1, -0.05) is 11.8 Å². The minimum atomic E-state index is -0.104. The van der Waals surface area contributed by atoms with Crippen LogP contribution in [0.4, 0.5) is 0 Å². The maximum Gasteiger partial charge on any atom is 0.251 e. The number of aromatic nitrogens is 2. The van der Waals surface area contributed by atoms with Crippen LogP contribution in [0, 0.1) is 11.8 Å². The average molecular weight is 282 g/mol. The highest BCUT2D eigenvalue weighted by molar-refractivity contribution is 5.94. The summed E-state index contributed by atoms with van der Waals surface area (Å²) >= 11 is 0. The van der Waals surface area contributed by atoms with Crippen molar-refractivity contribution < 1.29 is 4.79 Å². The monoisotopic (exact) mass is 282 g/mol. The number of hydrogen-bond donors (Lipinski definition) is 2. The van der Waals surface area contributed by atoms with Crippen LogP contribution in [0.2, 0.25) is 0 Å². The van der Waals surface area contributed by atoms with Crippen LogP contribution in [0.3, 0.4) is 0 Å². The first kappa shape index (κ1) is 14.8. The number of nitrogens with one attached hydrogen (secondary N) is 1. The Bertz CT molecular complexity index is 635. The zero-order valence-corrected chi connectivity index (χ0v) is 11.9. The molecule has 2 aromatic rings. The van der Waals surface area contributed by atoms with Crippen molar-refractivity contribution in [1.29, 1.82) is 0 Å². The second-order valence-electron chi connectivity index (χ2n) is 4.69. The number of amides is 1. The van der Waals surface area contributed by atoms with E-state index in [1.165, 1.54) is 0 Å². The summed E-state index contributed by atoms with van der Waals surface area (Å²) in [5, 5.41) is 7.06. The fraction of sp³-hybridized carbons (Fsp3) is 0.250. The van der Waals surface area contributed by atoms with Crippen LogP contribution in [0.25, 0.3) is 0 Å². The molecule has 0 fully saturated rings. The molecule has 2 rings (SSSR count). The van der Waals surface area contributed by atoms with Gasteiger partial charge in [0.2, 0.25) is 0 Å². The predicted octanol–water partition coefficient (Wildman–Crippen LogP) is 1.01. The van der Waals surface area contributed by atoms with Gasteiger partial charge in [-0.05, 0) is 37.3 Å². The van der Waals surface area contributed by atoms with Gasteiger partial charge >= 0.3 is 0 Å². The first-order chi connectivity index (χ1) is 10.2. The van der Waals surface area contributed by atoms with Crippen molar-refractivity contribution in [2.24, 2.45) is 5.73 Å². The van der Waals surface area contributed by atoms with Gasteiger partial charge < -0.3 is 11.1 Å². The molecule has 21 heavy (non-hydrogen) atoms. The minimum Gasteiger partial charge on any atom is -0.348 e. The van der Waals surface area contributed by atoms with Crippen LogP contribution in [0.15, 0.2) is 42.7 Å². The van der Waals surface area contributed by atoms with Crippen molar-refractivity contribution in [2.75, 3.05) is 6.54 Å². The van der Waals surface area contributed by atoms with Crippen molar-refractivity contribution in [2.45, 2.75) is 19.5 Å². The second-order valence-corrected chi connectivity index (χ2v) is 4.69. The quantitative estimate of drug-likeness (QED) is 0.822. The topological polar surface area (TPSA) is 72.9 Å². The molecule has 5 nitrogen and oxygen atoms in total. The number of rotatable bonds is 4. The Kier molecular flexibility index (Phi) is 5.13. The van der Waals surface area contributed by atoms with Crippen molar-refractivity contribution in [3.63, 3.8) is 0 Å². The van der Waals surface area contributed by atoms with Crippen LogP contribution in [0.5, 0.6) is 0 Å². The van der Waals surface area contributed by atoms with E-state index in [1.807, 2.05) is 31.3 Å². The third kappa shape index (κ3) is 4.48. The molecule has 1 amide bonds. The van der Waals surface area contributed by atoms with E-state index >= 15 is 0 Å². The summed E-state index contributed by atoms with van der Waals surface area (Å²) in [5.74, 6) is 5.60. The number of nitrogens with zero attached hydrogens (tertiary/aromatic N) is 2. The van der Waals surface area contributed by atoms with Gasteiger partial charge in [0.15, 0.2) is 0 Å². The Morgan fingerprint density at radius 2 is 2.19 bits per heavy atom. The van der Waals surface area contributed by atoms with Crippen LogP contribution in [0.1, 0.15) is 22.8 Å². The fourth-order valence-electron chi connectivity index (χ4n) is 1.90. The van der Waals surface area contributed by atoms with E-state index in [-0.39, 0.29) is 11.9 Å². The maximum absolute atomic E-state index is 12.1. The van der Waals surface area contributed by atoms with Gasteiger partial charge in [0, 0.05) is 29.6 Å². The molecule has 1 aromatic heterocycles. The SMILES string of the molecule is CC(Cn1cccn1)NC(=O)c1ccc(C#CCN)cc1. The Morgan fingerprint density at radius 1 is 1.43 bits per heavy atom. The zero-order valence-electron chi connectivity index (χ0n) is 11.9. The van der Waals surface area contributed by atoms with Gasteiger partial charge in [-0.15, -0.1) is 0 Å². The molecule has 3 N–H and O–H groups in total. The Labute approximate surface area is 124 Å². The molecule has 5 heteroatoms. The molecule has 0 aliphatic rings. The van der Waals surface area contributed by atoms with Crippen molar-refractivity contribution >= 4 is 5.91 Å². The van der Waals surface area contributed by atoms with E-state index in [0.717, 1.165) is 5.56 Å². The zero-order chi connectivity index (χ0) is 15.1. The lowest BCUT2D eigenvalue weighted by Gasteiger charge is -2.14. The van der Waals surface area contributed by atoms with Crippen LogP contribution >= 0.6 is 0 Å². The number of benzene rings is 1. The molecule has 1 atom stereocenters. The van der Waals surface area contributed by atoms with E-state index in [1.54, 1.807) is 23.0 Å². The summed E-state index contributed by atoms with van der Waals surface area (Å²) < 4.78 is 1.79. The summed E-state index contributed by atoms with van der Waals surface area (Å²) in [4.78, 5) is 12.1. The summed E-state index contributed by atoms with van der Waals surface area (Å²) in [6.45, 7) is 2.91. The van der Waals surface area contributed by atoms with Gasteiger partial charge in [-0.2, -0.15) is 5.10 Å². The number of nitrogens with two attached hydrogens (primary N) is 1. The van der Waals surface area contributed by atoms with Gasteiger partial charge in [0.25, 0.3) is 5.91 Å². The van der Waals surface area contributed by atoms with E-state index in [2.05, 4.69) is 22.3 Å². The van der Waals surface area contributed by atoms with Gasteiger partial charge in [0.1, 0.15) is 0 Å². The molecular weight excluding hydrogens is 264 g/mol. The van der Waals surface area contributed by atoms with Gasteiger partial charge in [0.05, 0.1) is 13.1 Å². The molecule has 0 saturated heterocycles. The molecule has 0 aliphatic carbocycles. The molecular formula is C16H18N4O. The van der Waals surface area contributed by atoms with Crippen molar-refractivity contribution in [3.8, 4) is 11.8 Å². The third-order valence-electron chi connectivity index (χ3n) is 2.88. The number of hydrogen-bond acceptors (Lipinski definition) is 3. The Morgan fingerprint density at radius 3 is 2.81 bits per heavy atom.